The first-order chi connectivity index (χ1) is 25.8. The van der Waals surface area contributed by atoms with Crippen molar-refractivity contribution in [3.05, 3.63) is 192 Å². The summed E-state index contributed by atoms with van der Waals surface area (Å²) in [5.74, 6) is 0. The van der Waals surface area contributed by atoms with Gasteiger partial charge in [0.25, 0.3) is 0 Å². The first-order valence-corrected chi connectivity index (χ1v) is 18.6. The molecule has 3 aliphatic rings. The summed E-state index contributed by atoms with van der Waals surface area (Å²) in [4.78, 5) is 2.38. The van der Waals surface area contributed by atoms with Gasteiger partial charge in [0, 0.05) is 17.1 Å². The quantitative estimate of drug-likeness (QED) is 0.168. The molecule has 7 aromatic carbocycles. The van der Waals surface area contributed by atoms with E-state index in [1.165, 1.54) is 55.6 Å². The molecule has 53 heavy (non-hydrogen) atoms. The zero-order valence-electron chi connectivity index (χ0n) is 30.5. The first kappa shape index (κ1) is 32.0. The maximum Gasteiger partial charge on any atom is 0.495 e. The molecule has 10 rings (SSSR count). The predicted octanol–water partition coefficient (Wildman–Crippen LogP) is 11.5. The minimum Gasteiger partial charge on any atom is -0.399 e. The van der Waals surface area contributed by atoms with Gasteiger partial charge in [-0.3, -0.25) is 0 Å². The van der Waals surface area contributed by atoms with Gasteiger partial charge in [0.15, 0.2) is 0 Å². The van der Waals surface area contributed by atoms with Gasteiger partial charge >= 0.3 is 7.12 Å². The SMILES string of the molecule is CC1(C)OB(c2cccc3c2-c2ccccc2C32c3ccccc3-c3ccc(N(c4ccccc4)c4ccc(-c5ccccc5)cc4)cc32)OC1(C)C. The number of fused-ring (bicyclic) bond motifs is 10. The van der Waals surface area contributed by atoms with Crippen LogP contribution in [0.5, 0.6) is 0 Å². The van der Waals surface area contributed by atoms with E-state index in [0.29, 0.717) is 0 Å². The Morgan fingerprint density at radius 1 is 0.415 bits per heavy atom. The van der Waals surface area contributed by atoms with Crippen LogP contribution in [0.2, 0.25) is 0 Å². The number of hydrogen-bond acceptors (Lipinski definition) is 3. The molecular weight excluding hydrogens is 645 g/mol. The Morgan fingerprint density at radius 2 is 0.925 bits per heavy atom. The van der Waals surface area contributed by atoms with E-state index >= 15 is 0 Å². The van der Waals surface area contributed by atoms with Crippen molar-refractivity contribution in [1.29, 1.82) is 0 Å². The Balaban J connectivity index is 1.20. The Labute approximate surface area is 312 Å². The minimum atomic E-state index is -0.521. The lowest BCUT2D eigenvalue weighted by Crippen LogP contribution is -2.41. The lowest BCUT2D eigenvalue weighted by molar-refractivity contribution is 0.00578. The van der Waals surface area contributed by atoms with Crippen molar-refractivity contribution >= 4 is 29.6 Å². The van der Waals surface area contributed by atoms with Crippen LogP contribution in [0.3, 0.4) is 0 Å². The van der Waals surface area contributed by atoms with Crippen molar-refractivity contribution in [2.24, 2.45) is 0 Å². The molecule has 0 amide bonds. The maximum absolute atomic E-state index is 6.74. The molecule has 0 N–H and O–H groups in total. The summed E-state index contributed by atoms with van der Waals surface area (Å²) in [5.41, 5.74) is 15.5. The van der Waals surface area contributed by atoms with Crippen LogP contribution in [-0.2, 0) is 14.7 Å². The van der Waals surface area contributed by atoms with E-state index < -0.39 is 23.7 Å². The number of hydrogen-bond donors (Lipinski definition) is 0. The van der Waals surface area contributed by atoms with E-state index in [0.717, 1.165) is 22.5 Å². The van der Waals surface area contributed by atoms with Crippen LogP contribution in [0.15, 0.2) is 170 Å². The van der Waals surface area contributed by atoms with Crippen LogP contribution in [0.4, 0.5) is 17.1 Å². The van der Waals surface area contributed by atoms with Crippen molar-refractivity contribution in [2.45, 2.75) is 44.3 Å². The topological polar surface area (TPSA) is 21.7 Å². The van der Waals surface area contributed by atoms with E-state index in [2.05, 4.69) is 202 Å². The maximum atomic E-state index is 6.74. The van der Waals surface area contributed by atoms with Crippen molar-refractivity contribution in [1.82, 2.24) is 0 Å². The molecule has 7 aromatic rings. The normalized spacial score (nSPS) is 18.4. The molecule has 1 saturated heterocycles. The van der Waals surface area contributed by atoms with E-state index in [1.807, 2.05) is 0 Å². The average Bonchev–Trinajstić information content (AvgIpc) is 3.74. The molecular formula is C49H40BNO2. The highest BCUT2D eigenvalue weighted by Crippen LogP contribution is 2.63. The molecule has 1 spiro atoms. The summed E-state index contributed by atoms with van der Waals surface area (Å²) in [7, 11) is -0.479. The van der Waals surface area contributed by atoms with Gasteiger partial charge in [-0.2, -0.15) is 0 Å². The standard InChI is InChI=1S/C49H40BNO2/c1-47(2)48(3,4)53-50(52-47)45-25-15-24-43-46(45)40-21-12-14-23-42(40)49(43)41-22-13-11-20-38(41)39-31-30-37(32-44(39)49)51(35-18-9-6-10-19-35)36-28-26-34(27-29-36)33-16-7-5-8-17-33/h5-32H,1-4H3. The lowest BCUT2D eigenvalue weighted by Gasteiger charge is -2.32. The van der Waals surface area contributed by atoms with Gasteiger partial charge in [0.2, 0.25) is 0 Å². The van der Waals surface area contributed by atoms with Gasteiger partial charge in [-0.05, 0) is 125 Å². The monoisotopic (exact) mass is 685 g/mol. The molecule has 0 aromatic heterocycles. The van der Waals surface area contributed by atoms with Crippen LogP contribution >= 0.6 is 0 Å². The number of rotatable bonds is 5. The Hall–Kier alpha value is -5.68. The Morgan fingerprint density at radius 3 is 1.62 bits per heavy atom. The summed E-state index contributed by atoms with van der Waals surface area (Å²) >= 11 is 0. The smallest absolute Gasteiger partial charge is 0.399 e. The van der Waals surface area contributed by atoms with Crippen LogP contribution in [0.1, 0.15) is 49.9 Å². The van der Waals surface area contributed by atoms with Crippen LogP contribution in [0.25, 0.3) is 33.4 Å². The first-order valence-electron chi connectivity index (χ1n) is 18.6. The molecule has 0 saturated carbocycles. The van der Waals surface area contributed by atoms with Gasteiger partial charge in [-0.1, -0.05) is 133 Å². The lowest BCUT2D eigenvalue weighted by atomic mass is 9.68. The number of para-hydroxylation sites is 1. The third kappa shape index (κ3) is 4.62. The zero-order chi connectivity index (χ0) is 36.0. The van der Waals surface area contributed by atoms with E-state index in [9.17, 15) is 0 Å². The van der Waals surface area contributed by atoms with Gasteiger partial charge in [-0.15, -0.1) is 0 Å². The molecule has 4 heteroatoms. The second-order valence-corrected chi connectivity index (χ2v) is 15.5. The molecule has 2 aliphatic carbocycles. The number of nitrogens with zero attached hydrogens (tertiary/aromatic N) is 1. The van der Waals surface area contributed by atoms with E-state index in [1.54, 1.807) is 0 Å². The summed E-state index contributed by atoms with van der Waals surface area (Å²) in [5, 5.41) is 0. The molecule has 1 atom stereocenters. The highest BCUT2D eigenvalue weighted by atomic mass is 16.7. The molecule has 0 radical (unpaired) electrons. The predicted molar refractivity (Wildman–Crippen MR) is 219 cm³/mol. The molecule has 1 heterocycles. The van der Waals surface area contributed by atoms with Gasteiger partial charge in [-0.25, -0.2) is 0 Å². The minimum absolute atomic E-state index is 0.447. The largest absolute Gasteiger partial charge is 0.495 e. The molecule has 3 nitrogen and oxygen atoms in total. The van der Waals surface area contributed by atoms with Crippen LogP contribution in [0, 0.1) is 0 Å². The molecule has 1 fully saturated rings. The van der Waals surface area contributed by atoms with Crippen molar-refractivity contribution in [3.8, 4) is 33.4 Å². The summed E-state index contributed by atoms with van der Waals surface area (Å²) in [6.07, 6.45) is 0. The van der Waals surface area contributed by atoms with Gasteiger partial charge in [0.05, 0.1) is 16.6 Å². The van der Waals surface area contributed by atoms with Crippen molar-refractivity contribution in [2.75, 3.05) is 4.90 Å². The molecule has 256 valence electrons. The highest BCUT2D eigenvalue weighted by Gasteiger charge is 2.56. The van der Waals surface area contributed by atoms with Crippen molar-refractivity contribution in [3.63, 3.8) is 0 Å². The van der Waals surface area contributed by atoms with Crippen LogP contribution in [-0.4, -0.2) is 18.3 Å². The van der Waals surface area contributed by atoms with Gasteiger partial charge in [0.1, 0.15) is 0 Å². The zero-order valence-corrected chi connectivity index (χ0v) is 30.5. The Kier molecular flexibility index (Phi) is 7.05. The third-order valence-electron chi connectivity index (χ3n) is 12.1. The summed E-state index contributed by atoms with van der Waals surface area (Å²) in [6.45, 7) is 8.52. The number of anilines is 3. The fraction of sp³-hybridized carbons (Fsp3) is 0.143. The second kappa shape index (κ2) is 11.7. The average molecular weight is 686 g/mol. The molecule has 0 bridgehead atoms. The second-order valence-electron chi connectivity index (χ2n) is 15.5. The Bertz CT molecular complexity index is 2510. The molecule has 1 unspecified atom stereocenters. The van der Waals surface area contributed by atoms with Crippen LogP contribution < -0.4 is 10.4 Å². The van der Waals surface area contributed by atoms with Crippen molar-refractivity contribution < 1.29 is 9.31 Å². The molecule has 1 aliphatic heterocycles. The van der Waals surface area contributed by atoms with E-state index in [-0.39, 0.29) is 0 Å². The summed E-state index contributed by atoms with van der Waals surface area (Å²) in [6, 6.07) is 62.0. The third-order valence-corrected chi connectivity index (χ3v) is 12.1. The number of benzene rings is 7. The summed E-state index contributed by atoms with van der Waals surface area (Å²) < 4.78 is 13.5. The van der Waals surface area contributed by atoms with E-state index in [4.69, 9.17) is 9.31 Å². The highest BCUT2D eigenvalue weighted by molar-refractivity contribution is 6.64. The fourth-order valence-corrected chi connectivity index (χ4v) is 8.97. The van der Waals surface area contributed by atoms with Gasteiger partial charge < -0.3 is 14.2 Å². The fourth-order valence-electron chi connectivity index (χ4n) is 8.97.